The SMILES string of the molecule is COC(=O)c1c(C)[nH]c(C(=O)[C@@H](C)OC(=O)CSc2cc(F)ccc2F)c1C. The third-order valence-corrected chi connectivity index (χ3v) is 4.99. The third-order valence-electron chi connectivity index (χ3n) is 3.99. The standard InChI is InChI=1S/C19H19F2NO5S/c1-9-16(19(25)26-4)10(2)22-17(9)18(24)11(3)27-15(23)8-28-14-7-12(20)5-6-13(14)21/h5-7,11,22H,8H2,1-4H3/t11-/m1/s1. The maximum absolute atomic E-state index is 13.6. The van der Waals surface area contributed by atoms with Gasteiger partial charge in [0.15, 0.2) is 6.10 Å². The maximum Gasteiger partial charge on any atom is 0.339 e. The average molecular weight is 411 g/mol. The number of carbonyl (C=O) groups is 3. The minimum atomic E-state index is -1.13. The molecule has 28 heavy (non-hydrogen) atoms. The van der Waals surface area contributed by atoms with Crippen molar-refractivity contribution in [1.82, 2.24) is 4.98 Å². The Labute approximate surface area is 164 Å². The van der Waals surface area contributed by atoms with Crippen molar-refractivity contribution in [3.63, 3.8) is 0 Å². The first-order valence-electron chi connectivity index (χ1n) is 8.24. The molecule has 1 aromatic carbocycles. The van der Waals surface area contributed by atoms with Crippen molar-refractivity contribution in [2.24, 2.45) is 0 Å². The number of benzene rings is 1. The molecule has 2 aromatic rings. The molecule has 0 unspecified atom stereocenters. The summed E-state index contributed by atoms with van der Waals surface area (Å²) in [5.74, 6) is -3.44. The van der Waals surface area contributed by atoms with Gasteiger partial charge in [0, 0.05) is 10.6 Å². The van der Waals surface area contributed by atoms with E-state index < -0.39 is 35.5 Å². The van der Waals surface area contributed by atoms with E-state index in [4.69, 9.17) is 9.47 Å². The number of aromatic nitrogens is 1. The number of Topliss-reactive ketones (excluding diaryl/α,β-unsaturated/α-hetero) is 1. The number of thioether (sulfide) groups is 1. The van der Waals surface area contributed by atoms with Crippen molar-refractivity contribution in [2.45, 2.75) is 31.8 Å². The molecule has 0 bridgehead atoms. The molecule has 0 amide bonds. The van der Waals surface area contributed by atoms with Crippen molar-refractivity contribution in [3.8, 4) is 0 Å². The van der Waals surface area contributed by atoms with E-state index in [2.05, 4.69) is 4.98 Å². The highest BCUT2D eigenvalue weighted by atomic mass is 32.2. The summed E-state index contributed by atoms with van der Waals surface area (Å²) in [6.45, 7) is 4.60. The van der Waals surface area contributed by atoms with E-state index in [1.54, 1.807) is 13.8 Å². The van der Waals surface area contributed by atoms with Gasteiger partial charge in [-0.15, -0.1) is 11.8 Å². The fourth-order valence-electron chi connectivity index (χ4n) is 2.62. The lowest BCUT2D eigenvalue weighted by atomic mass is 10.1. The van der Waals surface area contributed by atoms with Gasteiger partial charge in [-0.2, -0.15) is 0 Å². The number of ketones is 1. The molecule has 6 nitrogen and oxygen atoms in total. The van der Waals surface area contributed by atoms with Gasteiger partial charge < -0.3 is 14.5 Å². The quantitative estimate of drug-likeness (QED) is 0.426. The van der Waals surface area contributed by atoms with Gasteiger partial charge in [-0.1, -0.05) is 0 Å². The van der Waals surface area contributed by atoms with Crippen LogP contribution in [0.4, 0.5) is 8.78 Å². The first kappa shape index (κ1) is 21.6. The Bertz CT molecular complexity index is 925. The van der Waals surface area contributed by atoms with E-state index in [-0.39, 0.29) is 21.9 Å². The van der Waals surface area contributed by atoms with Crippen LogP contribution in [0.3, 0.4) is 0 Å². The van der Waals surface area contributed by atoms with Crippen LogP contribution >= 0.6 is 11.8 Å². The van der Waals surface area contributed by atoms with Crippen LogP contribution in [-0.2, 0) is 14.3 Å². The topological polar surface area (TPSA) is 85.5 Å². The molecule has 0 aliphatic heterocycles. The summed E-state index contributed by atoms with van der Waals surface area (Å²) in [5.41, 5.74) is 1.25. The van der Waals surface area contributed by atoms with E-state index in [1.165, 1.54) is 14.0 Å². The third kappa shape index (κ3) is 4.78. The van der Waals surface area contributed by atoms with E-state index in [0.29, 0.717) is 11.3 Å². The van der Waals surface area contributed by atoms with Crippen LogP contribution in [0, 0.1) is 25.5 Å². The van der Waals surface area contributed by atoms with Crippen molar-refractivity contribution in [1.29, 1.82) is 0 Å². The molecular formula is C19H19F2NO5S. The number of hydrogen-bond acceptors (Lipinski definition) is 6. The number of ether oxygens (including phenoxy) is 2. The van der Waals surface area contributed by atoms with Crippen LogP contribution in [0.25, 0.3) is 0 Å². The van der Waals surface area contributed by atoms with Crippen molar-refractivity contribution in [2.75, 3.05) is 12.9 Å². The Morgan fingerprint density at radius 1 is 1.21 bits per heavy atom. The summed E-state index contributed by atoms with van der Waals surface area (Å²) in [6.07, 6.45) is -1.13. The number of halogens is 2. The van der Waals surface area contributed by atoms with Crippen molar-refractivity contribution < 1.29 is 32.6 Å². The predicted octanol–water partition coefficient (Wildman–Crippen LogP) is 3.60. The highest BCUT2D eigenvalue weighted by Crippen LogP contribution is 2.24. The predicted molar refractivity (Wildman–Crippen MR) is 98.6 cm³/mol. The van der Waals surface area contributed by atoms with Gasteiger partial charge in [0.25, 0.3) is 0 Å². The molecule has 1 atom stereocenters. The molecule has 0 radical (unpaired) electrons. The monoisotopic (exact) mass is 411 g/mol. The lowest BCUT2D eigenvalue weighted by Gasteiger charge is -2.12. The molecule has 0 spiro atoms. The molecular weight excluding hydrogens is 392 g/mol. The fraction of sp³-hybridized carbons (Fsp3) is 0.316. The van der Waals surface area contributed by atoms with Crippen LogP contribution in [0.1, 0.15) is 39.0 Å². The first-order valence-corrected chi connectivity index (χ1v) is 9.23. The lowest BCUT2D eigenvalue weighted by Crippen LogP contribution is -2.26. The molecule has 0 aliphatic rings. The van der Waals surface area contributed by atoms with Gasteiger partial charge in [-0.25, -0.2) is 13.6 Å². The summed E-state index contributed by atoms with van der Waals surface area (Å²) in [7, 11) is 1.24. The minimum absolute atomic E-state index is 0.0329. The molecule has 1 heterocycles. The smallest absolute Gasteiger partial charge is 0.339 e. The number of aryl methyl sites for hydroxylation is 1. The van der Waals surface area contributed by atoms with E-state index in [9.17, 15) is 23.2 Å². The largest absolute Gasteiger partial charge is 0.465 e. The number of hydrogen-bond donors (Lipinski definition) is 1. The highest BCUT2D eigenvalue weighted by Gasteiger charge is 2.27. The Hall–Kier alpha value is -2.68. The summed E-state index contributed by atoms with van der Waals surface area (Å²) < 4.78 is 36.5. The second kappa shape index (κ2) is 9.01. The first-order chi connectivity index (χ1) is 13.1. The van der Waals surface area contributed by atoms with E-state index in [1.807, 2.05) is 0 Å². The van der Waals surface area contributed by atoms with Gasteiger partial charge in [0.1, 0.15) is 11.6 Å². The Balaban J connectivity index is 2.03. The van der Waals surface area contributed by atoms with E-state index >= 15 is 0 Å². The van der Waals surface area contributed by atoms with E-state index in [0.717, 1.165) is 30.0 Å². The van der Waals surface area contributed by atoms with Crippen LogP contribution < -0.4 is 0 Å². The Kier molecular flexibility index (Phi) is 6.95. The molecule has 1 aromatic heterocycles. The minimum Gasteiger partial charge on any atom is -0.465 e. The Morgan fingerprint density at radius 2 is 1.89 bits per heavy atom. The van der Waals surface area contributed by atoms with Crippen LogP contribution in [0.15, 0.2) is 23.1 Å². The van der Waals surface area contributed by atoms with Gasteiger partial charge in [-0.3, -0.25) is 9.59 Å². The summed E-state index contributed by atoms with van der Waals surface area (Å²) in [6, 6.07) is 2.91. The number of nitrogens with one attached hydrogen (secondary N) is 1. The fourth-order valence-corrected chi connectivity index (χ4v) is 3.36. The second-order valence-corrected chi connectivity index (χ2v) is 6.99. The summed E-state index contributed by atoms with van der Waals surface area (Å²) >= 11 is 0.766. The molecule has 2 rings (SSSR count). The van der Waals surface area contributed by atoms with Gasteiger partial charge in [-0.05, 0) is 44.5 Å². The lowest BCUT2D eigenvalue weighted by molar-refractivity contribution is -0.143. The summed E-state index contributed by atoms with van der Waals surface area (Å²) in [4.78, 5) is 39.1. The normalized spacial score (nSPS) is 11.8. The molecule has 0 saturated carbocycles. The van der Waals surface area contributed by atoms with Gasteiger partial charge in [0.05, 0.1) is 24.1 Å². The molecule has 0 saturated heterocycles. The molecule has 150 valence electrons. The molecule has 9 heteroatoms. The van der Waals surface area contributed by atoms with Crippen LogP contribution in [-0.4, -0.2) is 41.7 Å². The molecule has 0 fully saturated rings. The number of methoxy groups -OCH3 is 1. The molecule has 1 N–H and O–H groups in total. The van der Waals surface area contributed by atoms with Crippen molar-refractivity contribution >= 4 is 29.5 Å². The van der Waals surface area contributed by atoms with Crippen molar-refractivity contribution in [3.05, 3.63) is 52.3 Å². The summed E-state index contributed by atoms with van der Waals surface area (Å²) in [5, 5.41) is 0. The molecule has 0 aliphatic carbocycles. The second-order valence-electron chi connectivity index (χ2n) is 5.98. The number of esters is 2. The van der Waals surface area contributed by atoms with Crippen LogP contribution in [0.2, 0.25) is 0 Å². The number of H-pyrrole nitrogens is 1. The Morgan fingerprint density at radius 3 is 2.54 bits per heavy atom. The zero-order chi connectivity index (χ0) is 21.0. The average Bonchev–Trinajstić information content (AvgIpc) is 2.95. The maximum atomic E-state index is 13.6. The number of carbonyl (C=O) groups excluding carboxylic acids is 3. The van der Waals surface area contributed by atoms with Gasteiger partial charge in [0.2, 0.25) is 5.78 Å². The zero-order valence-electron chi connectivity index (χ0n) is 15.7. The van der Waals surface area contributed by atoms with Gasteiger partial charge >= 0.3 is 11.9 Å². The zero-order valence-corrected chi connectivity index (χ0v) is 16.5. The number of rotatable bonds is 7. The van der Waals surface area contributed by atoms with Crippen LogP contribution in [0.5, 0.6) is 0 Å². The highest BCUT2D eigenvalue weighted by molar-refractivity contribution is 8.00. The number of aromatic amines is 1.